The monoisotopic (exact) mass is 241 g/mol. The van der Waals surface area contributed by atoms with Crippen LogP contribution in [0.15, 0.2) is 12.4 Å². The van der Waals surface area contributed by atoms with Crippen LogP contribution < -0.4 is 5.32 Å². The molecule has 0 aliphatic carbocycles. The predicted molar refractivity (Wildman–Crippen MR) is 58.7 cm³/mol. The highest BCUT2D eigenvalue weighted by Crippen LogP contribution is 1.98. The van der Waals surface area contributed by atoms with E-state index in [4.69, 9.17) is 5.11 Å². The molecule has 0 aromatic carbocycles. The van der Waals surface area contributed by atoms with Gasteiger partial charge < -0.3 is 15.2 Å². The lowest BCUT2D eigenvalue weighted by molar-refractivity contribution is -0.148. The minimum atomic E-state index is -1.11. The Morgan fingerprint density at radius 2 is 2.35 bits per heavy atom. The van der Waals surface area contributed by atoms with Crippen LogP contribution in [-0.2, 0) is 16.1 Å². The Morgan fingerprint density at radius 1 is 1.65 bits per heavy atom. The first-order chi connectivity index (χ1) is 8.08. The Balaban J connectivity index is 2.52. The lowest BCUT2D eigenvalue weighted by Gasteiger charge is -2.10. The Labute approximate surface area is 98.4 Å². The number of aliphatic carboxylic acids is 1. The van der Waals surface area contributed by atoms with E-state index in [-0.39, 0.29) is 12.5 Å². The van der Waals surface area contributed by atoms with Crippen molar-refractivity contribution in [3.8, 4) is 0 Å². The van der Waals surface area contributed by atoms with Gasteiger partial charge in [-0.25, -0.2) is 4.79 Å². The molecule has 1 heterocycles. The standard InChI is InChI=1S/C10H15N3O4/c1-3-13-6-7(4-12-13)9(14)11-5-8(17-2)10(15)16/h4,6,8H,3,5H2,1-2H3,(H,11,14)(H,15,16). The van der Waals surface area contributed by atoms with Gasteiger partial charge in [0.2, 0.25) is 0 Å². The van der Waals surface area contributed by atoms with Crippen molar-refractivity contribution in [2.45, 2.75) is 19.6 Å². The Kier molecular flexibility index (Phi) is 4.65. The second-order valence-corrected chi connectivity index (χ2v) is 3.36. The molecule has 1 aromatic rings. The number of rotatable bonds is 6. The molecule has 2 N–H and O–H groups in total. The van der Waals surface area contributed by atoms with E-state index < -0.39 is 12.1 Å². The van der Waals surface area contributed by atoms with Crippen LogP contribution in [0.2, 0.25) is 0 Å². The molecule has 17 heavy (non-hydrogen) atoms. The molecule has 1 atom stereocenters. The van der Waals surface area contributed by atoms with Gasteiger partial charge in [0.25, 0.3) is 5.91 Å². The second-order valence-electron chi connectivity index (χ2n) is 3.36. The van der Waals surface area contributed by atoms with Gasteiger partial charge in [-0.1, -0.05) is 0 Å². The van der Waals surface area contributed by atoms with Gasteiger partial charge in [0.15, 0.2) is 6.10 Å². The number of methoxy groups -OCH3 is 1. The third-order valence-electron chi connectivity index (χ3n) is 2.23. The van der Waals surface area contributed by atoms with E-state index in [0.29, 0.717) is 12.1 Å². The normalized spacial score (nSPS) is 12.1. The van der Waals surface area contributed by atoms with E-state index in [1.54, 1.807) is 10.9 Å². The van der Waals surface area contributed by atoms with Gasteiger partial charge in [0.05, 0.1) is 18.3 Å². The number of hydrogen-bond acceptors (Lipinski definition) is 4. The molecule has 1 aromatic heterocycles. The molecule has 1 amide bonds. The van der Waals surface area contributed by atoms with E-state index in [2.05, 4.69) is 15.2 Å². The first kappa shape index (κ1) is 13.2. The number of aromatic nitrogens is 2. The van der Waals surface area contributed by atoms with Crippen molar-refractivity contribution < 1.29 is 19.4 Å². The highest BCUT2D eigenvalue weighted by Gasteiger charge is 2.18. The largest absolute Gasteiger partial charge is 0.479 e. The highest BCUT2D eigenvalue weighted by atomic mass is 16.5. The zero-order valence-electron chi connectivity index (χ0n) is 9.71. The topological polar surface area (TPSA) is 93.5 Å². The summed E-state index contributed by atoms with van der Waals surface area (Å²) in [6, 6.07) is 0. The van der Waals surface area contributed by atoms with Crippen molar-refractivity contribution in [2.75, 3.05) is 13.7 Å². The number of ether oxygens (including phenoxy) is 1. The molecular weight excluding hydrogens is 226 g/mol. The van der Waals surface area contributed by atoms with Gasteiger partial charge in [-0.2, -0.15) is 5.10 Å². The molecule has 1 rings (SSSR count). The zero-order valence-corrected chi connectivity index (χ0v) is 9.71. The average Bonchev–Trinajstić information content (AvgIpc) is 2.77. The number of carboxylic acid groups (broad SMARTS) is 1. The minimum Gasteiger partial charge on any atom is -0.479 e. The average molecular weight is 241 g/mol. The summed E-state index contributed by atoms with van der Waals surface area (Å²) in [5, 5.41) is 15.1. The molecule has 94 valence electrons. The molecule has 7 nitrogen and oxygen atoms in total. The maximum Gasteiger partial charge on any atom is 0.334 e. The summed E-state index contributed by atoms with van der Waals surface area (Å²) in [6.45, 7) is 2.49. The molecule has 0 fully saturated rings. The molecule has 1 unspecified atom stereocenters. The van der Waals surface area contributed by atoms with Crippen LogP contribution in [0.3, 0.4) is 0 Å². The van der Waals surface area contributed by atoms with Crippen LogP contribution in [0.1, 0.15) is 17.3 Å². The molecule has 7 heteroatoms. The summed E-state index contributed by atoms with van der Waals surface area (Å²) in [6.07, 6.45) is 1.99. The molecule has 0 saturated carbocycles. The smallest absolute Gasteiger partial charge is 0.334 e. The molecule has 0 bridgehead atoms. The highest BCUT2D eigenvalue weighted by molar-refractivity contribution is 5.94. The first-order valence-corrected chi connectivity index (χ1v) is 5.14. The van der Waals surface area contributed by atoms with Gasteiger partial charge in [0.1, 0.15) is 0 Å². The van der Waals surface area contributed by atoms with Crippen LogP contribution in [0, 0.1) is 0 Å². The van der Waals surface area contributed by atoms with E-state index >= 15 is 0 Å². The van der Waals surface area contributed by atoms with Crippen molar-refractivity contribution >= 4 is 11.9 Å². The van der Waals surface area contributed by atoms with E-state index in [1.807, 2.05) is 6.92 Å². The number of carbonyl (C=O) groups excluding carboxylic acids is 1. The van der Waals surface area contributed by atoms with E-state index in [1.165, 1.54) is 13.3 Å². The predicted octanol–water partition coefficient (Wildman–Crippen LogP) is -0.268. The quantitative estimate of drug-likeness (QED) is 0.715. The fourth-order valence-electron chi connectivity index (χ4n) is 1.21. The lowest BCUT2D eigenvalue weighted by atomic mass is 10.3. The van der Waals surface area contributed by atoms with E-state index in [0.717, 1.165) is 0 Å². The lowest BCUT2D eigenvalue weighted by Crippen LogP contribution is -2.37. The van der Waals surface area contributed by atoms with Crippen molar-refractivity contribution in [2.24, 2.45) is 0 Å². The van der Waals surface area contributed by atoms with Crippen LogP contribution in [0.5, 0.6) is 0 Å². The van der Waals surface area contributed by atoms with Gasteiger partial charge in [0, 0.05) is 19.9 Å². The molecular formula is C10H15N3O4. The summed E-state index contributed by atoms with van der Waals surface area (Å²) in [4.78, 5) is 22.2. The van der Waals surface area contributed by atoms with Gasteiger partial charge in [-0.05, 0) is 6.92 Å². The van der Waals surface area contributed by atoms with Crippen molar-refractivity contribution in [3.05, 3.63) is 18.0 Å². The third kappa shape index (κ3) is 3.56. The number of aryl methyl sites for hydroxylation is 1. The fourth-order valence-corrected chi connectivity index (χ4v) is 1.21. The van der Waals surface area contributed by atoms with Gasteiger partial charge in [-0.15, -0.1) is 0 Å². The van der Waals surface area contributed by atoms with Crippen LogP contribution in [0.25, 0.3) is 0 Å². The number of nitrogens with one attached hydrogen (secondary N) is 1. The van der Waals surface area contributed by atoms with E-state index in [9.17, 15) is 9.59 Å². The van der Waals surface area contributed by atoms with Crippen LogP contribution in [0.4, 0.5) is 0 Å². The van der Waals surface area contributed by atoms with Crippen molar-refractivity contribution in [1.29, 1.82) is 0 Å². The minimum absolute atomic E-state index is 0.0814. The Hall–Kier alpha value is -1.89. The summed E-state index contributed by atoms with van der Waals surface area (Å²) in [7, 11) is 1.28. The van der Waals surface area contributed by atoms with Gasteiger partial charge in [-0.3, -0.25) is 9.48 Å². The number of hydrogen-bond donors (Lipinski definition) is 2. The van der Waals surface area contributed by atoms with Crippen molar-refractivity contribution in [1.82, 2.24) is 15.1 Å². The first-order valence-electron chi connectivity index (χ1n) is 5.14. The van der Waals surface area contributed by atoms with Crippen LogP contribution in [-0.4, -0.2) is 46.5 Å². The SMILES string of the molecule is CCn1cc(C(=O)NCC(OC)C(=O)O)cn1. The summed E-state index contributed by atoms with van der Waals surface area (Å²) in [5.74, 6) is -1.48. The zero-order chi connectivity index (χ0) is 12.8. The Bertz CT molecular complexity index is 402. The summed E-state index contributed by atoms with van der Waals surface area (Å²) < 4.78 is 6.30. The number of carbonyl (C=O) groups is 2. The maximum absolute atomic E-state index is 11.6. The van der Waals surface area contributed by atoms with Crippen LogP contribution >= 0.6 is 0 Å². The maximum atomic E-state index is 11.6. The number of amides is 1. The molecule has 0 aliphatic heterocycles. The number of nitrogens with zero attached hydrogens (tertiary/aromatic N) is 2. The van der Waals surface area contributed by atoms with Gasteiger partial charge >= 0.3 is 5.97 Å². The summed E-state index contributed by atoms with van der Waals surface area (Å²) in [5.41, 5.74) is 0.395. The fraction of sp³-hybridized carbons (Fsp3) is 0.500. The molecule has 0 radical (unpaired) electrons. The Morgan fingerprint density at radius 3 is 2.82 bits per heavy atom. The molecule has 0 spiro atoms. The number of carboxylic acids is 1. The molecule has 0 saturated heterocycles. The van der Waals surface area contributed by atoms with Crippen molar-refractivity contribution in [3.63, 3.8) is 0 Å². The third-order valence-corrected chi connectivity index (χ3v) is 2.23. The summed E-state index contributed by atoms with van der Waals surface area (Å²) >= 11 is 0. The molecule has 0 aliphatic rings. The second kappa shape index (κ2) is 6.00.